The van der Waals surface area contributed by atoms with E-state index in [4.69, 9.17) is 0 Å². The fraction of sp³-hybridized carbons (Fsp3) is 0.583. The molecule has 2 aromatic rings. The highest BCUT2D eigenvalue weighted by Crippen LogP contribution is 2.34. The van der Waals surface area contributed by atoms with Crippen LogP contribution in [0.3, 0.4) is 0 Å². The van der Waals surface area contributed by atoms with E-state index < -0.39 is 17.8 Å². The van der Waals surface area contributed by atoms with Crippen LogP contribution in [0.25, 0.3) is 0 Å². The molecule has 1 heterocycles. The number of halogens is 3. The average Bonchev–Trinajstić information content (AvgIpc) is 3.19. The standard InChI is InChI=1S/C24H35F3N2OS2/c1-5-7-19-12-20(24(25,26)27)14-22(13-19)32-29(4)16-21(30)15-28-23(2,3)10-6-8-18-9-11-31-17-18/h9,11-14,17,21,28,30H,5-8,10,15-16H2,1-4H3. The molecule has 180 valence electrons. The molecule has 3 nitrogen and oxygen atoms in total. The van der Waals surface area contributed by atoms with E-state index in [0.717, 1.165) is 25.7 Å². The molecule has 0 spiro atoms. The van der Waals surface area contributed by atoms with Gasteiger partial charge in [0.15, 0.2) is 0 Å². The second-order valence-corrected chi connectivity index (χ2v) is 11.0. The molecule has 0 aliphatic rings. The Morgan fingerprint density at radius 1 is 1.16 bits per heavy atom. The van der Waals surface area contributed by atoms with E-state index in [0.29, 0.717) is 30.0 Å². The molecular weight excluding hydrogens is 453 g/mol. The number of benzene rings is 1. The van der Waals surface area contributed by atoms with Crippen molar-refractivity contribution in [3.8, 4) is 0 Å². The van der Waals surface area contributed by atoms with Crippen molar-refractivity contribution < 1.29 is 18.3 Å². The number of aryl methyl sites for hydroxylation is 2. The van der Waals surface area contributed by atoms with Gasteiger partial charge in [-0.1, -0.05) is 13.3 Å². The average molecular weight is 489 g/mol. The van der Waals surface area contributed by atoms with Gasteiger partial charge in [-0.05, 0) is 105 Å². The number of rotatable bonds is 13. The van der Waals surface area contributed by atoms with Crippen molar-refractivity contribution in [2.75, 3.05) is 20.1 Å². The van der Waals surface area contributed by atoms with Crippen LogP contribution in [0.4, 0.5) is 13.2 Å². The molecule has 1 aromatic carbocycles. The molecule has 2 rings (SSSR count). The van der Waals surface area contributed by atoms with Crippen molar-refractivity contribution in [1.82, 2.24) is 9.62 Å². The summed E-state index contributed by atoms with van der Waals surface area (Å²) in [5.74, 6) is 0. The van der Waals surface area contributed by atoms with E-state index in [1.807, 2.05) is 6.92 Å². The number of likely N-dealkylation sites (N-methyl/N-ethyl adjacent to an activating group) is 1. The quantitative estimate of drug-likeness (QED) is 0.319. The van der Waals surface area contributed by atoms with Gasteiger partial charge in [0.05, 0.1) is 11.7 Å². The second kappa shape index (κ2) is 12.4. The third-order valence-corrected chi connectivity index (χ3v) is 6.86. The Balaban J connectivity index is 1.82. The molecule has 32 heavy (non-hydrogen) atoms. The lowest BCUT2D eigenvalue weighted by molar-refractivity contribution is -0.137. The van der Waals surface area contributed by atoms with Gasteiger partial charge in [-0.2, -0.15) is 24.5 Å². The van der Waals surface area contributed by atoms with Crippen molar-refractivity contribution in [3.63, 3.8) is 0 Å². The number of alkyl halides is 3. The predicted molar refractivity (Wildman–Crippen MR) is 129 cm³/mol. The second-order valence-electron chi connectivity index (χ2n) is 8.92. The molecule has 0 saturated heterocycles. The minimum atomic E-state index is -4.37. The molecule has 1 atom stereocenters. The molecule has 0 amide bonds. The highest BCUT2D eigenvalue weighted by molar-refractivity contribution is 7.97. The van der Waals surface area contributed by atoms with Gasteiger partial charge in [0, 0.05) is 23.5 Å². The molecule has 8 heteroatoms. The van der Waals surface area contributed by atoms with Crippen LogP contribution in [0.2, 0.25) is 0 Å². The summed E-state index contributed by atoms with van der Waals surface area (Å²) in [6.07, 6.45) is -0.485. The van der Waals surface area contributed by atoms with Crippen molar-refractivity contribution >= 4 is 23.3 Å². The summed E-state index contributed by atoms with van der Waals surface area (Å²) < 4.78 is 41.5. The molecule has 1 aromatic heterocycles. The molecule has 0 bridgehead atoms. The van der Waals surface area contributed by atoms with Gasteiger partial charge < -0.3 is 10.4 Å². The molecule has 0 saturated carbocycles. The predicted octanol–water partition coefficient (Wildman–Crippen LogP) is 6.41. The number of nitrogens with zero attached hydrogens (tertiary/aromatic N) is 1. The van der Waals surface area contributed by atoms with Crippen LogP contribution in [0.15, 0.2) is 39.9 Å². The monoisotopic (exact) mass is 488 g/mol. The number of aliphatic hydroxyl groups excluding tert-OH is 1. The van der Waals surface area contributed by atoms with Gasteiger partial charge in [-0.3, -0.25) is 0 Å². The van der Waals surface area contributed by atoms with Crippen LogP contribution in [0.1, 0.15) is 56.7 Å². The lowest BCUT2D eigenvalue weighted by atomic mass is 9.96. The topological polar surface area (TPSA) is 35.5 Å². The minimum Gasteiger partial charge on any atom is -0.390 e. The molecule has 0 fully saturated rings. The van der Waals surface area contributed by atoms with Crippen molar-refractivity contribution in [3.05, 3.63) is 51.7 Å². The van der Waals surface area contributed by atoms with E-state index in [2.05, 4.69) is 36.0 Å². The Bertz CT molecular complexity index is 810. The van der Waals surface area contributed by atoms with Crippen molar-refractivity contribution in [2.24, 2.45) is 0 Å². The van der Waals surface area contributed by atoms with Gasteiger partial charge in [-0.15, -0.1) is 0 Å². The molecule has 2 N–H and O–H groups in total. The summed E-state index contributed by atoms with van der Waals surface area (Å²) >= 11 is 2.95. The van der Waals surface area contributed by atoms with Crippen LogP contribution >= 0.6 is 23.3 Å². The number of β-amino-alcohol motifs (C(OH)–C–C–N with tert-alkyl or cyclic N) is 1. The lowest BCUT2D eigenvalue weighted by Crippen LogP contribution is -2.45. The maximum absolute atomic E-state index is 13.2. The van der Waals surface area contributed by atoms with Crippen molar-refractivity contribution in [1.29, 1.82) is 0 Å². The third kappa shape index (κ3) is 9.83. The fourth-order valence-corrected chi connectivity index (χ4v) is 5.23. The zero-order valence-electron chi connectivity index (χ0n) is 19.3. The van der Waals surface area contributed by atoms with E-state index in [1.165, 1.54) is 29.6 Å². The summed E-state index contributed by atoms with van der Waals surface area (Å²) in [6.45, 7) is 6.99. The normalized spacial score (nSPS) is 13.7. The SMILES string of the molecule is CCCc1cc(SN(C)CC(O)CNC(C)(C)CCCc2ccsc2)cc(C(F)(F)F)c1. The fourth-order valence-electron chi connectivity index (χ4n) is 3.54. The summed E-state index contributed by atoms with van der Waals surface area (Å²) in [7, 11) is 1.79. The van der Waals surface area contributed by atoms with Crippen LogP contribution < -0.4 is 5.32 Å². The van der Waals surface area contributed by atoms with E-state index in [-0.39, 0.29) is 5.54 Å². The molecule has 1 unspecified atom stereocenters. The molecular formula is C24H35F3N2OS2. The largest absolute Gasteiger partial charge is 0.416 e. The van der Waals surface area contributed by atoms with Gasteiger partial charge in [-0.25, -0.2) is 4.31 Å². The summed E-state index contributed by atoms with van der Waals surface area (Å²) in [5, 5.41) is 18.2. The smallest absolute Gasteiger partial charge is 0.390 e. The molecule has 0 aliphatic heterocycles. The van der Waals surface area contributed by atoms with E-state index in [1.54, 1.807) is 28.8 Å². The number of hydrogen-bond donors (Lipinski definition) is 2. The van der Waals surface area contributed by atoms with Crippen LogP contribution in [-0.2, 0) is 19.0 Å². The number of nitrogens with one attached hydrogen (secondary N) is 1. The van der Waals surface area contributed by atoms with Crippen LogP contribution in [0, 0.1) is 0 Å². The molecule has 0 radical (unpaired) electrons. The highest BCUT2D eigenvalue weighted by atomic mass is 32.2. The van der Waals surface area contributed by atoms with Crippen molar-refractivity contribution in [2.45, 2.75) is 75.6 Å². The number of thiophene rings is 1. The maximum Gasteiger partial charge on any atom is 0.416 e. The highest BCUT2D eigenvalue weighted by Gasteiger charge is 2.31. The zero-order chi connectivity index (χ0) is 23.8. The van der Waals surface area contributed by atoms with Gasteiger partial charge in [0.2, 0.25) is 0 Å². The first-order valence-corrected chi connectivity index (χ1v) is 12.7. The van der Waals surface area contributed by atoms with E-state index in [9.17, 15) is 18.3 Å². The minimum absolute atomic E-state index is 0.0984. The first-order valence-electron chi connectivity index (χ1n) is 11.0. The summed E-state index contributed by atoms with van der Waals surface area (Å²) in [6, 6.07) is 6.37. The zero-order valence-corrected chi connectivity index (χ0v) is 21.0. The maximum atomic E-state index is 13.2. The Kier molecular flexibility index (Phi) is 10.5. The first kappa shape index (κ1) is 27.2. The molecule has 0 aliphatic carbocycles. The Labute approximate surface area is 198 Å². The summed E-state index contributed by atoms with van der Waals surface area (Å²) in [5.41, 5.74) is 1.33. The van der Waals surface area contributed by atoms with Gasteiger partial charge in [0.1, 0.15) is 0 Å². The number of aliphatic hydroxyl groups is 1. The van der Waals surface area contributed by atoms with Crippen LogP contribution in [0.5, 0.6) is 0 Å². The Hall–Kier alpha value is -1.06. The lowest BCUT2D eigenvalue weighted by Gasteiger charge is -2.29. The Morgan fingerprint density at radius 3 is 2.53 bits per heavy atom. The van der Waals surface area contributed by atoms with Gasteiger partial charge >= 0.3 is 6.18 Å². The van der Waals surface area contributed by atoms with E-state index >= 15 is 0 Å². The summed E-state index contributed by atoms with van der Waals surface area (Å²) in [4.78, 5) is 0.541. The Morgan fingerprint density at radius 2 is 1.91 bits per heavy atom. The first-order chi connectivity index (χ1) is 15.0. The van der Waals surface area contributed by atoms with Gasteiger partial charge in [0.25, 0.3) is 0 Å². The third-order valence-electron chi connectivity index (χ3n) is 5.22. The number of hydrogen-bond acceptors (Lipinski definition) is 5. The van der Waals surface area contributed by atoms with Crippen LogP contribution in [-0.4, -0.2) is 41.2 Å².